The number of halogens is 1. The number of benzene rings is 2. The molecule has 0 radical (unpaired) electrons. The average Bonchev–Trinajstić information content (AvgIpc) is 3.28. The topological polar surface area (TPSA) is 116 Å². The first-order valence-electron chi connectivity index (χ1n) is 10.7. The molecular weight excluding hydrogens is 471 g/mol. The molecule has 0 aliphatic heterocycles. The monoisotopic (exact) mass is 492 g/mol. The Balaban J connectivity index is 1.62. The number of rotatable bonds is 8. The minimum absolute atomic E-state index is 0.0415. The lowest BCUT2D eigenvalue weighted by Crippen LogP contribution is -2.15. The van der Waals surface area contributed by atoms with Gasteiger partial charge in [-0.2, -0.15) is 4.39 Å². The average molecular weight is 493 g/mol. The third-order valence-corrected chi connectivity index (χ3v) is 6.04. The Labute approximate surface area is 204 Å². The first-order valence-corrected chi connectivity index (χ1v) is 11.7. The molecule has 4 aromatic rings. The summed E-state index contributed by atoms with van der Waals surface area (Å²) in [6.45, 7) is 4.18. The highest BCUT2D eigenvalue weighted by molar-refractivity contribution is 7.99. The minimum atomic E-state index is -0.970. The molecule has 2 heterocycles. The summed E-state index contributed by atoms with van der Waals surface area (Å²) in [4.78, 5) is 26.9. The molecule has 0 spiro atoms. The van der Waals surface area contributed by atoms with E-state index in [0.717, 1.165) is 28.9 Å². The van der Waals surface area contributed by atoms with Crippen molar-refractivity contribution in [2.75, 3.05) is 11.1 Å². The molecule has 0 aliphatic carbocycles. The van der Waals surface area contributed by atoms with Crippen LogP contribution in [0.15, 0.2) is 72.1 Å². The fraction of sp³-hybridized carbons (Fsp3) is 0.167. The standard InChI is InChI=1S/C24H21FN6O3S/c1-15(2)18-7-3-4-8-20(18)30-23(16-6-5-11-26-13-16)28-29-24(30)35-14-22(32)27-17-9-10-19(25)21(12-17)31(33)34/h3-13,15H,14H2,1-2H3,(H,27,32). The number of nitro benzene ring substituents is 1. The van der Waals surface area contributed by atoms with Crippen molar-refractivity contribution in [2.24, 2.45) is 0 Å². The summed E-state index contributed by atoms with van der Waals surface area (Å²) in [7, 11) is 0. The zero-order chi connectivity index (χ0) is 24.9. The van der Waals surface area contributed by atoms with Gasteiger partial charge in [0.1, 0.15) is 0 Å². The zero-order valence-electron chi connectivity index (χ0n) is 18.9. The number of carbonyl (C=O) groups excluding carboxylic acids is 1. The normalized spacial score (nSPS) is 11.0. The number of anilines is 1. The smallest absolute Gasteiger partial charge is 0.306 e. The molecule has 0 saturated carbocycles. The van der Waals surface area contributed by atoms with Crippen LogP contribution in [0.2, 0.25) is 0 Å². The lowest BCUT2D eigenvalue weighted by Gasteiger charge is -2.16. The van der Waals surface area contributed by atoms with Crippen molar-refractivity contribution in [3.05, 3.63) is 88.5 Å². The van der Waals surface area contributed by atoms with Crippen LogP contribution < -0.4 is 5.32 Å². The second-order valence-electron chi connectivity index (χ2n) is 7.86. The molecule has 0 bridgehead atoms. The van der Waals surface area contributed by atoms with E-state index >= 15 is 0 Å². The largest absolute Gasteiger partial charge is 0.325 e. The molecule has 1 N–H and O–H groups in total. The van der Waals surface area contributed by atoms with E-state index in [1.54, 1.807) is 12.4 Å². The molecule has 2 aromatic heterocycles. The molecule has 0 saturated heterocycles. The SMILES string of the molecule is CC(C)c1ccccc1-n1c(SCC(=O)Nc2ccc(F)c([N+](=O)[O-])c2)nnc1-c1cccnc1. The molecule has 4 rings (SSSR count). The summed E-state index contributed by atoms with van der Waals surface area (Å²) < 4.78 is 15.5. The van der Waals surface area contributed by atoms with Crippen molar-refractivity contribution >= 4 is 29.0 Å². The Morgan fingerprint density at radius 3 is 2.69 bits per heavy atom. The van der Waals surface area contributed by atoms with Gasteiger partial charge < -0.3 is 5.32 Å². The molecule has 35 heavy (non-hydrogen) atoms. The number of aromatic nitrogens is 4. The quantitative estimate of drug-likeness (QED) is 0.203. The van der Waals surface area contributed by atoms with Crippen LogP contribution in [-0.4, -0.2) is 36.3 Å². The second-order valence-corrected chi connectivity index (χ2v) is 8.80. The third kappa shape index (κ3) is 5.35. The van der Waals surface area contributed by atoms with E-state index in [1.165, 1.54) is 17.8 Å². The highest BCUT2D eigenvalue weighted by Crippen LogP contribution is 2.32. The molecule has 11 heteroatoms. The van der Waals surface area contributed by atoms with Crippen molar-refractivity contribution in [1.29, 1.82) is 0 Å². The summed E-state index contributed by atoms with van der Waals surface area (Å²) in [6.07, 6.45) is 3.37. The van der Waals surface area contributed by atoms with Crippen LogP contribution in [0.3, 0.4) is 0 Å². The van der Waals surface area contributed by atoms with Gasteiger partial charge in [-0.05, 0) is 41.8 Å². The molecular formula is C24H21FN6O3S. The van der Waals surface area contributed by atoms with Gasteiger partial charge >= 0.3 is 5.69 Å². The molecule has 9 nitrogen and oxygen atoms in total. The summed E-state index contributed by atoms with van der Waals surface area (Å²) in [5, 5.41) is 22.7. The molecule has 178 valence electrons. The Kier molecular flexibility index (Phi) is 7.16. The Morgan fingerprint density at radius 2 is 1.97 bits per heavy atom. The maximum absolute atomic E-state index is 13.6. The maximum Gasteiger partial charge on any atom is 0.306 e. The van der Waals surface area contributed by atoms with Gasteiger partial charge in [0.25, 0.3) is 0 Å². The zero-order valence-corrected chi connectivity index (χ0v) is 19.7. The fourth-order valence-corrected chi connectivity index (χ4v) is 4.24. The van der Waals surface area contributed by atoms with Gasteiger partial charge in [0.05, 0.1) is 16.4 Å². The molecule has 1 amide bonds. The first kappa shape index (κ1) is 24.0. The fourth-order valence-electron chi connectivity index (χ4n) is 3.50. The van der Waals surface area contributed by atoms with Gasteiger partial charge in [-0.25, -0.2) is 0 Å². The van der Waals surface area contributed by atoms with Crippen molar-refractivity contribution in [1.82, 2.24) is 19.7 Å². The van der Waals surface area contributed by atoms with E-state index in [-0.39, 0.29) is 17.4 Å². The highest BCUT2D eigenvalue weighted by Gasteiger charge is 2.21. The van der Waals surface area contributed by atoms with Crippen LogP contribution in [0.1, 0.15) is 25.3 Å². The van der Waals surface area contributed by atoms with Crippen LogP contribution in [0.5, 0.6) is 0 Å². The third-order valence-electron chi connectivity index (χ3n) is 5.11. The summed E-state index contributed by atoms with van der Waals surface area (Å²) >= 11 is 1.17. The molecule has 0 fully saturated rings. The molecule has 2 aromatic carbocycles. The van der Waals surface area contributed by atoms with Gasteiger partial charge in [-0.15, -0.1) is 10.2 Å². The Bertz CT molecular complexity index is 1380. The number of thioether (sulfide) groups is 1. The van der Waals surface area contributed by atoms with Crippen molar-refractivity contribution in [2.45, 2.75) is 24.9 Å². The van der Waals surface area contributed by atoms with E-state index in [0.29, 0.717) is 11.0 Å². The van der Waals surface area contributed by atoms with Gasteiger partial charge in [-0.3, -0.25) is 24.5 Å². The Hall–Kier alpha value is -4.12. The predicted octanol–water partition coefficient (Wildman–Crippen LogP) is 5.23. The number of hydrogen-bond donors (Lipinski definition) is 1. The first-order chi connectivity index (χ1) is 16.8. The second kappa shape index (κ2) is 10.4. The number of para-hydroxylation sites is 1. The van der Waals surface area contributed by atoms with E-state index < -0.39 is 22.3 Å². The van der Waals surface area contributed by atoms with Crippen LogP contribution in [-0.2, 0) is 4.79 Å². The number of hydrogen-bond acceptors (Lipinski definition) is 7. The lowest BCUT2D eigenvalue weighted by molar-refractivity contribution is -0.387. The lowest BCUT2D eigenvalue weighted by atomic mass is 10.0. The maximum atomic E-state index is 13.6. The van der Waals surface area contributed by atoms with Crippen LogP contribution >= 0.6 is 11.8 Å². The summed E-state index contributed by atoms with van der Waals surface area (Å²) in [5.74, 6) is -0.623. The van der Waals surface area contributed by atoms with Gasteiger partial charge in [0.2, 0.25) is 11.7 Å². The number of amides is 1. The van der Waals surface area contributed by atoms with E-state index in [1.807, 2.05) is 41.0 Å². The van der Waals surface area contributed by atoms with E-state index in [4.69, 9.17) is 0 Å². The number of nitrogens with one attached hydrogen (secondary N) is 1. The van der Waals surface area contributed by atoms with Gasteiger partial charge in [-0.1, -0.05) is 43.8 Å². The van der Waals surface area contributed by atoms with Crippen molar-refractivity contribution in [3.8, 4) is 17.1 Å². The van der Waals surface area contributed by atoms with E-state index in [2.05, 4.69) is 34.3 Å². The minimum Gasteiger partial charge on any atom is -0.325 e. The molecule has 0 aliphatic rings. The predicted molar refractivity (Wildman–Crippen MR) is 131 cm³/mol. The summed E-state index contributed by atoms with van der Waals surface area (Å²) in [6, 6.07) is 14.8. The van der Waals surface area contributed by atoms with Gasteiger partial charge in [0, 0.05) is 29.7 Å². The van der Waals surface area contributed by atoms with Crippen molar-refractivity contribution < 1.29 is 14.1 Å². The molecule has 0 unspecified atom stereocenters. The number of pyridine rings is 1. The van der Waals surface area contributed by atoms with E-state index in [9.17, 15) is 19.3 Å². The molecule has 0 atom stereocenters. The highest BCUT2D eigenvalue weighted by atomic mass is 32.2. The Morgan fingerprint density at radius 1 is 1.17 bits per heavy atom. The van der Waals surface area contributed by atoms with Crippen LogP contribution in [0, 0.1) is 15.9 Å². The number of nitrogens with zero attached hydrogens (tertiary/aromatic N) is 5. The van der Waals surface area contributed by atoms with Crippen molar-refractivity contribution in [3.63, 3.8) is 0 Å². The van der Waals surface area contributed by atoms with Crippen LogP contribution in [0.4, 0.5) is 15.8 Å². The van der Waals surface area contributed by atoms with Gasteiger partial charge in [0.15, 0.2) is 11.0 Å². The number of carbonyl (C=O) groups is 1. The van der Waals surface area contributed by atoms with Crippen LogP contribution in [0.25, 0.3) is 17.1 Å². The number of nitro groups is 1. The summed E-state index contributed by atoms with van der Waals surface area (Å²) in [5.41, 5.74) is 2.17.